The number of aromatic amines is 2. The number of aromatic nitrogens is 4. The first kappa shape index (κ1) is 81.0. The Balaban J connectivity index is 0.541. The topological polar surface area (TPSA) is 367 Å². The number of unbranched alkanes of at least 4 members (excludes halogenated alkanes) is 2. The molecule has 592 valence electrons. The van der Waals surface area contributed by atoms with Gasteiger partial charge in [0.05, 0.1) is 120 Å². The third-order valence-corrected chi connectivity index (χ3v) is 19.4. The molecule has 0 spiro atoms. The molecule has 0 aliphatic carbocycles. The van der Waals surface area contributed by atoms with Crippen LogP contribution < -0.4 is 46.1 Å². The smallest absolute Gasteiger partial charge is 0.412 e. The quantitative estimate of drug-likeness (QED) is 0.00881. The zero-order valence-electron chi connectivity index (χ0n) is 63.5. The molecule has 8 N–H and O–H groups in total. The lowest BCUT2D eigenvalue weighted by Gasteiger charge is -2.34. The number of nitrogens with two attached hydrogens (primary N) is 1. The summed E-state index contributed by atoms with van der Waals surface area (Å²) in [5, 5.41) is 10.9. The number of rotatable bonds is 40. The van der Waals surface area contributed by atoms with Crippen LogP contribution in [0.1, 0.15) is 75.2 Å². The first-order valence-electron chi connectivity index (χ1n) is 37.7. The number of hydrogen-bond acceptors (Lipinski definition) is 22. The van der Waals surface area contributed by atoms with Crippen LogP contribution in [0.5, 0.6) is 17.2 Å². The number of imidazole rings is 2. The van der Waals surface area contributed by atoms with Crippen molar-refractivity contribution in [2.24, 2.45) is 5.92 Å². The third-order valence-electron chi connectivity index (χ3n) is 19.4. The predicted octanol–water partition coefficient (Wildman–Crippen LogP) is 6.98. The zero-order chi connectivity index (χ0) is 78.3. The zero-order valence-corrected chi connectivity index (χ0v) is 63.5. The van der Waals surface area contributed by atoms with Gasteiger partial charge in [0.15, 0.2) is 17.7 Å². The molecular weight excluding hydrogens is 1430 g/mol. The number of fused-ring (bicyclic) bond motifs is 2. The van der Waals surface area contributed by atoms with Crippen LogP contribution in [0, 0.1) is 5.92 Å². The Morgan fingerprint density at radius 1 is 0.658 bits per heavy atom. The van der Waals surface area contributed by atoms with Gasteiger partial charge < -0.3 is 94.3 Å². The van der Waals surface area contributed by atoms with E-state index in [4.69, 9.17) is 58.3 Å². The minimum Gasteiger partial charge on any atom is -0.494 e. The molecule has 7 aromatic rings. The van der Waals surface area contributed by atoms with Crippen LogP contribution in [0.2, 0.25) is 0 Å². The van der Waals surface area contributed by atoms with Crippen LogP contribution in [-0.2, 0) is 63.8 Å². The minimum atomic E-state index is -0.978. The van der Waals surface area contributed by atoms with E-state index in [1.807, 2.05) is 36.4 Å². The molecule has 4 aliphatic heterocycles. The second-order valence-corrected chi connectivity index (χ2v) is 27.9. The standard InChI is InChI=1S/C80H100N14O17/c1-51(2)73(89-70(96)25-35-104-38-40-106-42-43-107-41-39-105-36-26-82-69(95)24-27-92-71(97)22-23-72(92)98)77(100)83-53(4)76(99)84-57-15-10-54(11-16-57)50-111-80(102)93-32-37-110-79(93)66-44-52(3)49-94(66)78(101)60-47-67(103-6)68(48-61(60)81)109-34-9-7-8-33-108-59-18-12-55(13-19-59)74-85-62-20-14-56(45-64(62)87-74)75-86-63-21-17-58(46-65(63)88-75)91-30-28-90(5)29-31-91/h10-23,45-48,51,53,66,73,79H,3,7-9,24-44,49-50,81H2,1-2,4-6H3,(H,82,95)(H,83,100)(H,84,99)(H,85,87)(H,86,88)(H,89,96)/t53?,66-,73?,79?/m0/s1. The predicted molar refractivity (Wildman–Crippen MR) is 415 cm³/mol. The van der Waals surface area contributed by atoms with Crippen LogP contribution in [0.25, 0.3) is 44.8 Å². The van der Waals surface area contributed by atoms with E-state index in [0.29, 0.717) is 68.8 Å². The number of H-pyrrole nitrogens is 2. The fourth-order valence-corrected chi connectivity index (χ4v) is 13.1. The highest BCUT2D eigenvalue weighted by Gasteiger charge is 2.45. The average Bonchev–Trinajstić information content (AvgIpc) is 1.64. The van der Waals surface area contributed by atoms with Gasteiger partial charge >= 0.3 is 6.09 Å². The van der Waals surface area contributed by atoms with Crippen LogP contribution in [0.4, 0.5) is 21.9 Å². The molecule has 4 atom stereocenters. The molecule has 31 nitrogen and oxygen atoms in total. The van der Waals surface area contributed by atoms with Gasteiger partial charge in [0.1, 0.15) is 36.1 Å². The van der Waals surface area contributed by atoms with E-state index in [9.17, 15) is 38.4 Å². The highest BCUT2D eigenvalue weighted by Crippen LogP contribution is 2.37. The molecule has 3 fully saturated rings. The van der Waals surface area contributed by atoms with Crippen molar-refractivity contribution < 1.29 is 81.0 Å². The second kappa shape index (κ2) is 39.6. The van der Waals surface area contributed by atoms with Crippen LogP contribution in [-0.4, -0.2) is 251 Å². The Morgan fingerprint density at radius 3 is 2.04 bits per heavy atom. The number of ether oxygens (including phenoxy) is 9. The lowest BCUT2D eigenvalue weighted by molar-refractivity contribution is -0.137. The summed E-state index contributed by atoms with van der Waals surface area (Å²) in [6, 6.07) is 27.8. The highest BCUT2D eigenvalue weighted by molar-refractivity contribution is 6.13. The number of methoxy groups -OCH3 is 1. The Kier molecular flexibility index (Phi) is 28.9. The number of likely N-dealkylation sites (N-methyl/N-ethyl adjacent to an activating group) is 1. The average molecular weight is 1530 g/mol. The van der Waals surface area contributed by atoms with Crippen molar-refractivity contribution in [3.63, 3.8) is 0 Å². The Hall–Kier alpha value is -11.0. The summed E-state index contributed by atoms with van der Waals surface area (Å²) in [5.41, 5.74) is 15.6. The molecular formula is C80H100N14O17. The first-order valence-corrected chi connectivity index (χ1v) is 37.7. The van der Waals surface area contributed by atoms with Gasteiger partial charge in [-0.1, -0.05) is 38.1 Å². The summed E-state index contributed by atoms with van der Waals surface area (Å²) in [7, 11) is 3.66. The normalized spacial score (nSPS) is 16.4. The van der Waals surface area contributed by atoms with Crippen molar-refractivity contribution in [3.05, 3.63) is 132 Å². The van der Waals surface area contributed by atoms with Gasteiger partial charge in [-0.3, -0.25) is 43.4 Å². The molecule has 111 heavy (non-hydrogen) atoms. The van der Waals surface area contributed by atoms with Gasteiger partial charge in [0.2, 0.25) is 23.6 Å². The van der Waals surface area contributed by atoms with Crippen molar-refractivity contribution in [1.82, 2.24) is 55.5 Å². The van der Waals surface area contributed by atoms with E-state index in [1.54, 1.807) is 55.1 Å². The summed E-state index contributed by atoms with van der Waals surface area (Å²) in [5.74, 6) is -0.249. The molecule has 6 heterocycles. The summed E-state index contributed by atoms with van der Waals surface area (Å²) in [6.45, 7) is 17.2. The fourth-order valence-electron chi connectivity index (χ4n) is 13.1. The van der Waals surface area contributed by atoms with Gasteiger partial charge in [0, 0.05) is 105 Å². The summed E-state index contributed by atoms with van der Waals surface area (Å²) in [4.78, 5) is 129. The van der Waals surface area contributed by atoms with Crippen LogP contribution >= 0.6 is 0 Å². The number of nitrogens with one attached hydrogen (secondary N) is 6. The number of piperazine rings is 1. The first-order chi connectivity index (χ1) is 53.7. The summed E-state index contributed by atoms with van der Waals surface area (Å²) < 4.78 is 51.8. The van der Waals surface area contributed by atoms with Crippen LogP contribution in [0.15, 0.2) is 121 Å². The summed E-state index contributed by atoms with van der Waals surface area (Å²) >= 11 is 0. The number of carbonyl (C=O) groups excluding carboxylic acids is 8. The number of hydrogen-bond donors (Lipinski definition) is 7. The van der Waals surface area contributed by atoms with E-state index in [1.165, 1.54) is 36.8 Å². The van der Waals surface area contributed by atoms with E-state index in [0.717, 1.165) is 107 Å². The SMILES string of the molecule is C=C1C[C@@H](C2OCCN2C(=O)OCc2ccc(NC(=O)C(C)NC(=O)C(NC(=O)CCOCCOCCOCCOCCNC(=O)CCN3C(=O)C=CC3=O)C(C)C)cc2)N(C(=O)c2cc(OC)c(OCCCCCOc3ccc(-c4nc5ccc(-c6nc7cc(N8CCN(C)CC8)ccc7[nH]6)cc5[nH]4)cc3)cc2N)C1. The second-order valence-electron chi connectivity index (χ2n) is 27.9. The number of benzene rings is 5. The summed E-state index contributed by atoms with van der Waals surface area (Å²) in [6.07, 6.45) is 3.57. The number of imide groups is 1. The molecule has 4 aliphatic rings. The van der Waals surface area contributed by atoms with E-state index < -0.39 is 65.9 Å². The van der Waals surface area contributed by atoms with E-state index >= 15 is 0 Å². The van der Waals surface area contributed by atoms with E-state index in [2.05, 4.69) is 78.9 Å². The molecule has 0 saturated carbocycles. The Bertz CT molecular complexity index is 4410. The number of nitrogens with zero attached hydrogens (tertiary/aromatic N) is 7. The number of carbonyl (C=O) groups is 8. The van der Waals surface area contributed by atoms with Gasteiger partial charge in [-0.15, -0.1) is 0 Å². The molecule has 11 rings (SSSR count). The number of anilines is 3. The van der Waals surface area contributed by atoms with Crippen molar-refractivity contribution in [3.8, 4) is 40.0 Å². The fraction of sp³-hybridized carbons (Fsp3) is 0.450. The van der Waals surface area contributed by atoms with Crippen molar-refractivity contribution in [2.45, 2.75) is 90.3 Å². The lowest BCUT2D eigenvalue weighted by Crippen LogP contribution is -2.53. The minimum absolute atomic E-state index is 0.00395. The van der Waals surface area contributed by atoms with Crippen molar-refractivity contribution in [1.29, 1.82) is 0 Å². The third kappa shape index (κ3) is 22.4. The monoisotopic (exact) mass is 1530 g/mol. The maximum absolute atomic E-state index is 14.5. The molecule has 0 radical (unpaired) electrons. The van der Waals surface area contributed by atoms with Crippen molar-refractivity contribution in [2.75, 3.05) is 155 Å². The maximum atomic E-state index is 14.5. The molecule has 8 amide bonds. The van der Waals surface area contributed by atoms with E-state index in [-0.39, 0.29) is 102 Å². The van der Waals surface area contributed by atoms with Crippen molar-refractivity contribution >= 4 is 86.6 Å². The Labute approximate surface area is 644 Å². The molecule has 31 heteroatoms. The molecule has 0 bridgehead atoms. The van der Waals surface area contributed by atoms with Gasteiger partial charge in [-0.2, -0.15) is 0 Å². The Morgan fingerprint density at radius 2 is 1.32 bits per heavy atom. The molecule has 5 aromatic carbocycles. The number of nitrogen functional groups attached to an aromatic ring is 1. The van der Waals surface area contributed by atoms with Gasteiger partial charge in [0.25, 0.3) is 17.7 Å². The number of likely N-dealkylation sites (tertiary alicyclic amines) is 1. The number of amides is 8. The highest BCUT2D eigenvalue weighted by atomic mass is 16.6. The van der Waals surface area contributed by atoms with Gasteiger partial charge in [-0.25, -0.2) is 14.8 Å². The van der Waals surface area contributed by atoms with Crippen LogP contribution in [0.3, 0.4) is 0 Å². The maximum Gasteiger partial charge on any atom is 0.412 e. The largest absolute Gasteiger partial charge is 0.494 e. The van der Waals surface area contributed by atoms with Gasteiger partial charge in [-0.05, 0) is 130 Å². The molecule has 3 unspecified atom stereocenters. The lowest BCUT2D eigenvalue weighted by atomic mass is 10.0. The molecule has 2 aromatic heterocycles. The molecule has 3 saturated heterocycles.